The minimum atomic E-state index is -0.357. The number of ketones is 1. The van der Waals surface area contributed by atoms with Crippen LogP contribution < -0.4 is 4.90 Å². The Bertz CT molecular complexity index is 1340. The number of Topliss-reactive ketones (excluding diaryl/α,β-unsaturated/α-hetero) is 1. The van der Waals surface area contributed by atoms with Gasteiger partial charge in [0.1, 0.15) is 5.82 Å². The van der Waals surface area contributed by atoms with Crippen LogP contribution in [0.3, 0.4) is 0 Å². The molecule has 0 saturated carbocycles. The number of halogens is 1. The van der Waals surface area contributed by atoms with Crippen LogP contribution in [0, 0.1) is 23.7 Å². The Morgan fingerprint density at radius 1 is 1.18 bits per heavy atom. The van der Waals surface area contributed by atoms with Gasteiger partial charge in [-0.15, -0.1) is 0 Å². The van der Waals surface area contributed by atoms with E-state index in [0.29, 0.717) is 12.0 Å². The number of thiophene rings is 1. The fourth-order valence-electron chi connectivity index (χ4n) is 5.10. The van der Waals surface area contributed by atoms with Gasteiger partial charge in [-0.25, -0.2) is 0 Å². The van der Waals surface area contributed by atoms with E-state index in [2.05, 4.69) is 65.2 Å². The van der Waals surface area contributed by atoms with Gasteiger partial charge in [0.05, 0.1) is 23.2 Å². The molecule has 0 saturated heterocycles. The highest BCUT2D eigenvalue weighted by atomic mass is 79.9. The monoisotopic (exact) mass is 517 g/mol. The van der Waals surface area contributed by atoms with E-state index < -0.39 is 0 Å². The van der Waals surface area contributed by atoms with Gasteiger partial charge in [0.25, 0.3) is 0 Å². The molecule has 2 aromatic heterocycles. The van der Waals surface area contributed by atoms with Crippen molar-refractivity contribution in [2.45, 2.75) is 39.5 Å². The molecule has 1 aliphatic heterocycles. The lowest BCUT2D eigenvalue weighted by Gasteiger charge is -2.45. The number of hydrogen-bond acceptors (Lipinski definition) is 4. The summed E-state index contributed by atoms with van der Waals surface area (Å²) in [5.74, 6) is 0.578. The van der Waals surface area contributed by atoms with Crippen LogP contribution in [0.5, 0.6) is 0 Å². The van der Waals surface area contributed by atoms with Crippen molar-refractivity contribution in [3.05, 3.63) is 92.0 Å². The molecule has 33 heavy (non-hydrogen) atoms. The van der Waals surface area contributed by atoms with Crippen molar-refractivity contribution < 1.29 is 4.79 Å². The molecule has 0 bridgehead atoms. The van der Waals surface area contributed by atoms with Crippen LogP contribution in [0.15, 0.2) is 80.9 Å². The third-order valence-corrected chi connectivity index (χ3v) is 7.64. The van der Waals surface area contributed by atoms with Gasteiger partial charge in [-0.05, 0) is 77.0 Å². The highest BCUT2D eigenvalue weighted by Crippen LogP contribution is 2.52. The fourth-order valence-corrected chi connectivity index (χ4v) is 6.26. The summed E-state index contributed by atoms with van der Waals surface area (Å²) in [7, 11) is 0. The van der Waals surface area contributed by atoms with Gasteiger partial charge in [0.15, 0.2) is 5.78 Å². The van der Waals surface area contributed by atoms with Gasteiger partial charge >= 0.3 is 0 Å². The number of carbonyl (C=O) groups is 1. The minimum absolute atomic E-state index is 0.136. The second kappa shape index (κ2) is 8.16. The van der Waals surface area contributed by atoms with Crippen molar-refractivity contribution in [1.29, 1.82) is 5.26 Å². The molecule has 2 aliphatic rings. The van der Waals surface area contributed by atoms with Crippen molar-refractivity contribution in [1.82, 2.24) is 4.57 Å². The maximum Gasteiger partial charge on any atom is 0.162 e. The Balaban J connectivity index is 1.88. The summed E-state index contributed by atoms with van der Waals surface area (Å²) in [6, 6.07) is 14.6. The Morgan fingerprint density at radius 2 is 1.94 bits per heavy atom. The first-order chi connectivity index (χ1) is 15.8. The first-order valence-corrected chi connectivity index (χ1v) is 12.7. The average Bonchev–Trinajstić information content (AvgIpc) is 3.46. The van der Waals surface area contributed by atoms with E-state index in [1.807, 2.05) is 46.6 Å². The highest BCUT2D eigenvalue weighted by Gasteiger charge is 2.45. The number of carbonyl (C=O) groups excluding carboxylic acids is 1. The van der Waals surface area contributed by atoms with Crippen LogP contribution in [0.4, 0.5) is 5.69 Å². The van der Waals surface area contributed by atoms with Crippen molar-refractivity contribution in [2.24, 2.45) is 5.41 Å². The van der Waals surface area contributed by atoms with E-state index in [1.165, 1.54) is 0 Å². The molecule has 0 fully saturated rings. The number of allylic oxidation sites excluding steroid dienone is 3. The average molecular weight is 518 g/mol. The third kappa shape index (κ3) is 3.70. The van der Waals surface area contributed by atoms with Crippen LogP contribution in [-0.4, -0.2) is 10.4 Å². The van der Waals surface area contributed by atoms with Crippen LogP contribution in [0.2, 0.25) is 0 Å². The number of aromatic nitrogens is 1. The molecule has 3 heterocycles. The molecule has 0 N–H and O–H groups in total. The normalized spacial score (nSPS) is 20.2. The van der Waals surface area contributed by atoms with Crippen LogP contribution in [-0.2, 0) is 4.79 Å². The molecule has 1 atom stereocenters. The second-order valence-corrected chi connectivity index (χ2v) is 11.2. The summed E-state index contributed by atoms with van der Waals surface area (Å²) < 4.78 is 3.01. The highest BCUT2D eigenvalue weighted by molar-refractivity contribution is 9.10. The second-order valence-electron chi connectivity index (χ2n) is 9.50. The molecule has 1 aromatic carbocycles. The first-order valence-electron chi connectivity index (χ1n) is 10.9. The molecule has 0 spiro atoms. The van der Waals surface area contributed by atoms with Crippen LogP contribution in [0.1, 0.15) is 43.7 Å². The number of nitriles is 1. The summed E-state index contributed by atoms with van der Waals surface area (Å²) in [6.45, 7) is 6.37. The zero-order valence-electron chi connectivity index (χ0n) is 18.8. The Kier molecular flexibility index (Phi) is 5.43. The lowest BCUT2D eigenvalue weighted by molar-refractivity contribution is -0.118. The predicted octanol–water partition coefficient (Wildman–Crippen LogP) is 7.26. The molecule has 166 valence electrons. The predicted molar refractivity (Wildman–Crippen MR) is 137 cm³/mol. The van der Waals surface area contributed by atoms with E-state index in [9.17, 15) is 10.1 Å². The largest absolute Gasteiger partial charge is 0.309 e. The zero-order chi connectivity index (χ0) is 23.3. The number of aryl methyl sites for hydroxylation is 1. The number of nitrogens with zero attached hydrogens (tertiary/aromatic N) is 3. The number of anilines is 1. The van der Waals surface area contributed by atoms with Gasteiger partial charge < -0.3 is 4.57 Å². The summed E-state index contributed by atoms with van der Waals surface area (Å²) in [5.41, 5.74) is 5.26. The number of hydrogen-bond donors (Lipinski definition) is 0. The Labute approximate surface area is 206 Å². The fraction of sp³-hybridized carbons (Fsp3) is 0.259. The maximum atomic E-state index is 13.7. The Morgan fingerprint density at radius 3 is 2.58 bits per heavy atom. The van der Waals surface area contributed by atoms with E-state index in [0.717, 1.165) is 44.8 Å². The topological polar surface area (TPSA) is 49.0 Å². The molecule has 1 aliphatic carbocycles. The lowest BCUT2D eigenvalue weighted by Crippen LogP contribution is -2.40. The smallest absolute Gasteiger partial charge is 0.162 e. The van der Waals surface area contributed by atoms with Gasteiger partial charge in [0.2, 0.25) is 0 Å². The van der Waals surface area contributed by atoms with Gasteiger partial charge in [0, 0.05) is 34.6 Å². The molecular weight excluding hydrogens is 494 g/mol. The third-order valence-electron chi connectivity index (χ3n) is 6.44. The Hall–Kier alpha value is -2.88. The molecule has 4 nitrogen and oxygen atoms in total. The summed E-state index contributed by atoms with van der Waals surface area (Å²) in [4.78, 5) is 15.9. The van der Waals surface area contributed by atoms with Crippen LogP contribution in [0.25, 0.3) is 5.82 Å². The van der Waals surface area contributed by atoms with E-state index in [4.69, 9.17) is 0 Å². The standard InChI is InChI=1S/C27H24BrN3OS/c1-17-12-19(28)6-7-21(17)31-22-13-27(2,3)14-23(32)25(22)24(18-8-11-33-16-18)20(15-29)26(31)30-9-4-5-10-30/h4-12,16,24H,13-14H2,1-3H3/t24-/m1/s1. The SMILES string of the molecule is Cc1cc(Br)ccc1N1C2=C(C(=O)CC(C)(C)C2)[C@H](c2ccsc2)C(C#N)=C1n1cccc1. The van der Waals surface area contributed by atoms with Crippen molar-refractivity contribution >= 4 is 44.6 Å². The van der Waals surface area contributed by atoms with Gasteiger partial charge in [-0.1, -0.05) is 29.8 Å². The molecule has 0 unspecified atom stereocenters. The quantitative estimate of drug-likeness (QED) is 0.367. The number of rotatable bonds is 3. The number of benzene rings is 1. The minimum Gasteiger partial charge on any atom is -0.309 e. The van der Waals surface area contributed by atoms with Gasteiger partial charge in [-0.3, -0.25) is 9.69 Å². The molecular formula is C27H24BrN3OS. The summed E-state index contributed by atoms with van der Waals surface area (Å²) in [6.07, 6.45) is 5.19. The van der Waals surface area contributed by atoms with E-state index in [-0.39, 0.29) is 17.1 Å². The molecule has 5 rings (SSSR count). The summed E-state index contributed by atoms with van der Waals surface area (Å²) >= 11 is 5.17. The van der Waals surface area contributed by atoms with Crippen molar-refractivity contribution in [3.63, 3.8) is 0 Å². The summed E-state index contributed by atoms with van der Waals surface area (Å²) in [5, 5.41) is 14.6. The first kappa shape index (κ1) is 21.9. The lowest BCUT2D eigenvalue weighted by atomic mass is 9.69. The molecule has 0 radical (unpaired) electrons. The molecule has 3 aromatic rings. The zero-order valence-corrected chi connectivity index (χ0v) is 21.2. The van der Waals surface area contributed by atoms with E-state index in [1.54, 1.807) is 11.3 Å². The molecule has 0 amide bonds. The molecule has 6 heteroatoms. The van der Waals surface area contributed by atoms with Gasteiger partial charge in [-0.2, -0.15) is 16.6 Å². The van der Waals surface area contributed by atoms with E-state index >= 15 is 0 Å². The van der Waals surface area contributed by atoms with Crippen LogP contribution >= 0.6 is 27.3 Å². The van der Waals surface area contributed by atoms with Crippen molar-refractivity contribution in [3.8, 4) is 6.07 Å². The van der Waals surface area contributed by atoms with Crippen molar-refractivity contribution in [2.75, 3.05) is 4.90 Å². The maximum absolute atomic E-state index is 13.7.